The van der Waals surface area contributed by atoms with E-state index in [0.29, 0.717) is 5.56 Å². The number of rotatable bonds is 6. The highest BCUT2D eigenvalue weighted by atomic mass is 16.5. The van der Waals surface area contributed by atoms with E-state index < -0.39 is 5.54 Å². The van der Waals surface area contributed by atoms with Gasteiger partial charge >= 0.3 is 5.97 Å². The number of hydrogen-bond acceptors (Lipinski definition) is 3. The standard InChI is InChI=1S/C32H28N2O2/c1-23-30(25-14-13-15-26(22-25)31(35)36-3)24(2)34(33-23)32(27-16-7-4-8-17-27,28-18-9-5-10-19-28)29-20-11-6-12-21-29/h4-22H,1-3H3. The predicted molar refractivity (Wildman–Crippen MR) is 143 cm³/mol. The van der Waals surface area contributed by atoms with Crippen LogP contribution in [0.15, 0.2) is 115 Å². The van der Waals surface area contributed by atoms with Crippen molar-refractivity contribution >= 4 is 5.97 Å². The van der Waals surface area contributed by atoms with Crippen molar-refractivity contribution in [1.82, 2.24) is 9.78 Å². The third kappa shape index (κ3) is 3.81. The van der Waals surface area contributed by atoms with Crippen LogP contribution in [0.2, 0.25) is 0 Å². The average molecular weight is 473 g/mol. The number of ether oxygens (including phenoxy) is 1. The molecule has 5 rings (SSSR count). The quantitative estimate of drug-likeness (QED) is 0.202. The Bertz CT molecular complexity index is 1390. The van der Waals surface area contributed by atoms with Gasteiger partial charge in [-0.15, -0.1) is 0 Å². The van der Waals surface area contributed by atoms with Gasteiger partial charge in [-0.3, -0.25) is 0 Å². The Hall–Kier alpha value is -4.44. The fourth-order valence-electron chi connectivity index (χ4n) is 5.21. The molecule has 0 spiro atoms. The summed E-state index contributed by atoms with van der Waals surface area (Å²) in [5.41, 5.74) is 7.00. The molecule has 0 bridgehead atoms. The Morgan fingerprint density at radius 3 is 1.69 bits per heavy atom. The normalized spacial score (nSPS) is 11.3. The molecule has 0 aliphatic heterocycles. The van der Waals surface area contributed by atoms with Gasteiger partial charge in [-0.1, -0.05) is 103 Å². The molecule has 0 aliphatic rings. The fraction of sp³-hybridized carbons (Fsp3) is 0.125. The average Bonchev–Trinajstić information content (AvgIpc) is 3.24. The van der Waals surface area contributed by atoms with Crippen molar-refractivity contribution in [1.29, 1.82) is 0 Å². The molecule has 0 aliphatic carbocycles. The highest BCUT2D eigenvalue weighted by Crippen LogP contribution is 2.43. The van der Waals surface area contributed by atoms with E-state index in [1.165, 1.54) is 7.11 Å². The molecule has 1 heterocycles. The zero-order valence-electron chi connectivity index (χ0n) is 20.7. The fourth-order valence-corrected chi connectivity index (χ4v) is 5.21. The molecule has 178 valence electrons. The van der Waals surface area contributed by atoms with Gasteiger partial charge < -0.3 is 4.74 Å². The third-order valence-electron chi connectivity index (χ3n) is 6.76. The van der Waals surface area contributed by atoms with Crippen LogP contribution in [0.25, 0.3) is 11.1 Å². The molecule has 0 saturated carbocycles. The van der Waals surface area contributed by atoms with Crippen LogP contribution in [-0.2, 0) is 10.3 Å². The van der Waals surface area contributed by atoms with Gasteiger partial charge in [-0.25, -0.2) is 9.48 Å². The molecule has 0 saturated heterocycles. The van der Waals surface area contributed by atoms with Crippen LogP contribution >= 0.6 is 0 Å². The molecule has 0 fully saturated rings. The maximum atomic E-state index is 12.2. The number of carbonyl (C=O) groups excluding carboxylic acids is 1. The van der Waals surface area contributed by atoms with Crippen LogP contribution in [-0.4, -0.2) is 22.9 Å². The van der Waals surface area contributed by atoms with Gasteiger partial charge in [-0.2, -0.15) is 5.10 Å². The minimum Gasteiger partial charge on any atom is -0.465 e. The van der Waals surface area contributed by atoms with Gasteiger partial charge in [0, 0.05) is 11.3 Å². The molecule has 0 radical (unpaired) electrons. The Kier molecular flexibility index (Phi) is 6.26. The second-order valence-corrected chi connectivity index (χ2v) is 8.84. The van der Waals surface area contributed by atoms with E-state index in [4.69, 9.17) is 9.84 Å². The highest BCUT2D eigenvalue weighted by Gasteiger charge is 2.41. The summed E-state index contributed by atoms with van der Waals surface area (Å²) >= 11 is 0. The van der Waals surface area contributed by atoms with Crippen molar-refractivity contribution in [3.05, 3.63) is 149 Å². The lowest BCUT2D eigenvalue weighted by molar-refractivity contribution is 0.0601. The Morgan fingerprint density at radius 2 is 1.22 bits per heavy atom. The monoisotopic (exact) mass is 472 g/mol. The number of benzene rings is 4. The van der Waals surface area contributed by atoms with E-state index in [9.17, 15) is 4.79 Å². The van der Waals surface area contributed by atoms with Crippen molar-refractivity contribution in [2.75, 3.05) is 7.11 Å². The summed E-state index contributed by atoms with van der Waals surface area (Å²) in [4.78, 5) is 12.2. The Labute approximate surface area is 211 Å². The number of nitrogens with zero attached hydrogens (tertiary/aromatic N) is 2. The summed E-state index contributed by atoms with van der Waals surface area (Å²) in [6.45, 7) is 4.12. The van der Waals surface area contributed by atoms with Gasteiger partial charge in [0.15, 0.2) is 0 Å². The first kappa shape index (κ1) is 23.3. The number of methoxy groups -OCH3 is 1. The lowest BCUT2D eigenvalue weighted by Crippen LogP contribution is -2.39. The summed E-state index contributed by atoms with van der Waals surface area (Å²) < 4.78 is 7.10. The number of esters is 1. The molecule has 4 aromatic carbocycles. The second kappa shape index (κ2) is 9.67. The minimum absolute atomic E-state index is 0.355. The van der Waals surface area contributed by atoms with Crippen molar-refractivity contribution in [2.24, 2.45) is 0 Å². The summed E-state index contributed by atoms with van der Waals surface area (Å²) in [5.74, 6) is -0.355. The third-order valence-corrected chi connectivity index (χ3v) is 6.76. The lowest BCUT2D eigenvalue weighted by Gasteiger charge is -2.37. The van der Waals surface area contributed by atoms with E-state index in [1.807, 2.05) is 43.3 Å². The number of hydrogen-bond donors (Lipinski definition) is 0. The molecule has 4 nitrogen and oxygen atoms in total. The minimum atomic E-state index is -0.698. The lowest BCUT2D eigenvalue weighted by atomic mass is 9.77. The van der Waals surface area contributed by atoms with Crippen LogP contribution in [0, 0.1) is 13.8 Å². The number of aryl methyl sites for hydroxylation is 1. The van der Waals surface area contributed by atoms with Crippen LogP contribution < -0.4 is 0 Å². The van der Waals surface area contributed by atoms with Gasteiger partial charge in [0.1, 0.15) is 5.54 Å². The zero-order valence-corrected chi connectivity index (χ0v) is 20.7. The molecular weight excluding hydrogens is 444 g/mol. The Balaban J connectivity index is 1.85. The van der Waals surface area contributed by atoms with Gasteiger partial charge in [0.25, 0.3) is 0 Å². The van der Waals surface area contributed by atoms with E-state index in [2.05, 4.69) is 84.4 Å². The molecule has 0 atom stereocenters. The number of aromatic nitrogens is 2. The smallest absolute Gasteiger partial charge is 0.337 e. The van der Waals surface area contributed by atoms with E-state index >= 15 is 0 Å². The van der Waals surface area contributed by atoms with Crippen LogP contribution in [0.3, 0.4) is 0 Å². The van der Waals surface area contributed by atoms with Crippen LogP contribution in [0.1, 0.15) is 38.4 Å². The van der Waals surface area contributed by atoms with Gasteiger partial charge in [0.2, 0.25) is 0 Å². The first-order valence-electron chi connectivity index (χ1n) is 12.0. The molecule has 0 amide bonds. The SMILES string of the molecule is COC(=O)c1cccc(-c2c(C)nn(C(c3ccccc3)(c3ccccc3)c3ccccc3)c2C)c1. The van der Waals surface area contributed by atoms with Crippen LogP contribution in [0.4, 0.5) is 0 Å². The van der Waals surface area contributed by atoms with Crippen molar-refractivity contribution in [3.63, 3.8) is 0 Å². The van der Waals surface area contributed by atoms with Gasteiger partial charge in [-0.05, 0) is 48.2 Å². The Morgan fingerprint density at radius 1 is 0.722 bits per heavy atom. The summed E-state index contributed by atoms with van der Waals surface area (Å²) in [6.07, 6.45) is 0. The largest absolute Gasteiger partial charge is 0.465 e. The summed E-state index contributed by atoms with van der Waals surface area (Å²) in [7, 11) is 1.40. The van der Waals surface area contributed by atoms with Crippen molar-refractivity contribution < 1.29 is 9.53 Å². The molecule has 0 N–H and O–H groups in total. The second-order valence-electron chi connectivity index (χ2n) is 8.84. The topological polar surface area (TPSA) is 44.1 Å². The van der Waals surface area contributed by atoms with E-state index in [1.54, 1.807) is 6.07 Å². The highest BCUT2D eigenvalue weighted by molar-refractivity contribution is 5.91. The maximum Gasteiger partial charge on any atom is 0.337 e. The maximum absolute atomic E-state index is 12.2. The summed E-state index contributed by atoms with van der Waals surface area (Å²) in [5, 5.41) is 5.18. The van der Waals surface area contributed by atoms with Crippen LogP contribution in [0.5, 0.6) is 0 Å². The van der Waals surface area contributed by atoms with E-state index in [0.717, 1.165) is 39.2 Å². The molecule has 36 heavy (non-hydrogen) atoms. The molecular formula is C32H28N2O2. The van der Waals surface area contributed by atoms with Crippen molar-refractivity contribution in [3.8, 4) is 11.1 Å². The van der Waals surface area contributed by atoms with Gasteiger partial charge in [0.05, 0.1) is 18.4 Å². The first-order valence-corrected chi connectivity index (χ1v) is 12.0. The molecule has 4 heteroatoms. The molecule has 0 unspecified atom stereocenters. The van der Waals surface area contributed by atoms with Crippen molar-refractivity contribution in [2.45, 2.75) is 19.4 Å². The number of carbonyl (C=O) groups is 1. The predicted octanol–water partition coefficient (Wildman–Crippen LogP) is 6.79. The molecule has 1 aromatic heterocycles. The molecule has 5 aromatic rings. The summed E-state index contributed by atoms with van der Waals surface area (Å²) in [6, 6.07) is 39.1. The first-order chi connectivity index (χ1) is 17.6. The zero-order chi connectivity index (χ0) is 25.1. The van der Waals surface area contributed by atoms with E-state index in [-0.39, 0.29) is 5.97 Å².